The Kier molecular flexibility index (Phi) is 5.57. The van der Waals surface area contributed by atoms with E-state index < -0.39 is 5.91 Å². The van der Waals surface area contributed by atoms with Crippen LogP contribution in [0.5, 0.6) is 0 Å². The Morgan fingerprint density at radius 3 is 2.46 bits per heavy atom. The summed E-state index contributed by atoms with van der Waals surface area (Å²) in [6.45, 7) is 0. The number of hydrogen-bond acceptors (Lipinski definition) is 2. The molecule has 1 aromatic heterocycles. The van der Waals surface area contributed by atoms with Crippen molar-refractivity contribution in [2.75, 3.05) is 5.32 Å². The summed E-state index contributed by atoms with van der Waals surface area (Å²) in [6.07, 6.45) is 3.44. The molecule has 0 saturated heterocycles. The van der Waals surface area contributed by atoms with E-state index in [-0.39, 0.29) is 5.57 Å². The van der Waals surface area contributed by atoms with Gasteiger partial charge in [0, 0.05) is 32.8 Å². The minimum Gasteiger partial charge on any atom is -0.321 e. The van der Waals surface area contributed by atoms with Gasteiger partial charge in [-0.25, -0.2) is 0 Å². The number of carbonyl (C=O) groups is 1. The number of benzene rings is 2. The summed E-state index contributed by atoms with van der Waals surface area (Å²) in [4.78, 5) is 12.4. The minimum atomic E-state index is -0.474. The average Bonchev–Trinajstić information content (AvgIpc) is 3.10. The lowest BCUT2D eigenvalue weighted by Crippen LogP contribution is -2.13. The summed E-state index contributed by atoms with van der Waals surface area (Å²) < 4.78 is 2.88. The maximum atomic E-state index is 12.4. The highest BCUT2D eigenvalue weighted by atomic mass is 79.9. The summed E-state index contributed by atoms with van der Waals surface area (Å²) >= 11 is 9.24. The molecule has 1 N–H and O–H groups in total. The van der Waals surface area contributed by atoms with E-state index in [0.29, 0.717) is 10.7 Å². The molecule has 128 valence electrons. The summed E-state index contributed by atoms with van der Waals surface area (Å²) in [7, 11) is 0. The number of carbonyl (C=O) groups excluding carboxylic acids is 1. The number of hydrogen-bond donors (Lipinski definition) is 1. The van der Waals surface area contributed by atoms with E-state index in [1.54, 1.807) is 30.3 Å². The number of aromatic nitrogens is 1. The standard InChI is InChI=1S/C20H13BrClN3O/c21-15-3-9-18(10-4-15)25-11-1-2-19(25)12-14(13-23)20(26)24-17-7-5-16(22)6-8-17/h1-12H,(H,24,26)/b14-12-. The van der Waals surface area contributed by atoms with E-state index in [1.165, 1.54) is 0 Å². The van der Waals surface area contributed by atoms with Crippen molar-refractivity contribution in [3.8, 4) is 11.8 Å². The predicted octanol–water partition coefficient (Wildman–Crippen LogP) is 5.44. The topological polar surface area (TPSA) is 57.8 Å². The van der Waals surface area contributed by atoms with Crippen LogP contribution < -0.4 is 5.32 Å². The molecule has 0 unspecified atom stereocenters. The lowest BCUT2D eigenvalue weighted by Gasteiger charge is -2.08. The Hall–Kier alpha value is -2.81. The molecule has 0 aliphatic heterocycles. The molecule has 0 aliphatic rings. The van der Waals surface area contributed by atoms with E-state index in [0.717, 1.165) is 15.9 Å². The zero-order valence-corrected chi connectivity index (χ0v) is 15.8. The number of rotatable bonds is 4. The van der Waals surface area contributed by atoms with Crippen molar-refractivity contribution >= 4 is 45.2 Å². The first kappa shape index (κ1) is 18.0. The fourth-order valence-electron chi connectivity index (χ4n) is 2.38. The third kappa shape index (κ3) is 4.23. The van der Waals surface area contributed by atoms with Gasteiger partial charge in [-0.1, -0.05) is 27.5 Å². The van der Waals surface area contributed by atoms with Crippen LogP contribution in [0.25, 0.3) is 11.8 Å². The van der Waals surface area contributed by atoms with Crippen LogP contribution in [0.1, 0.15) is 5.69 Å². The third-order valence-corrected chi connectivity index (χ3v) is 4.43. The maximum Gasteiger partial charge on any atom is 0.266 e. The number of nitrogens with zero attached hydrogens (tertiary/aromatic N) is 2. The van der Waals surface area contributed by atoms with Gasteiger partial charge in [0.05, 0.1) is 0 Å². The van der Waals surface area contributed by atoms with E-state index in [9.17, 15) is 10.1 Å². The summed E-state index contributed by atoms with van der Waals surface area (Å²) in [5.41, 5.74) is 2.25. The van der Waals surface area contributed by atoms with Gasteiger partial charge >= 0.3 is 0 Å². The molecule has 1 amide bonds. The Labute approximate surface area is 164 Å². The predicted molar refractivity (Wildman–Crippen MR) is 107 cm³/mol. The highest BCUT2D eigenvalue weighted by molar-refractivity contribution is 9.10. The van der Waals surface area contributed by atoms with Gasteiger partial charge in [-0.2, -0.15) is 5.26 Å². The molecule has 3 aromatic rings. The van der Waals surface area contributed by atoms with Crippen molar-refractivity contribution < 1.29 is 4.79 Å². The van der Waals surface area contributed by atoms with Crippen LogP contribution in [0.4, 0.5) is 5.69 Å². The van der Waals surface area contributed by atoms with Crippen LogP contribution in [0, 0.1) is 11.3 Å². The molecule has 4 nitrogen and oxygen atoms in total. The first-order chi connectivity index (χ1) is 12.6. The van der Waals surface area contributed by atoms with Gasteiger partial charge in [0.15, 0.2) is 0 Å². The number of anilines is 1. The van der Waals surface area contributed by atoms with Gasteiger partial charge in [0.2, 0.25) is 0 Å². The van der Waals surface area contributed by atoms with Crippen LogP contribution in [-0.4, -0.2) is 10.5 Å². The Bertz CT molecular complexity index is 999. The highest BCUT2D eigenvalue weighted by Crippen LogP contribution is 2.19. The van der Waals surface area contributed by atoms with Crippen LogP contribution in [-0.2, 0) is 4.79 Å². The molecule has 0 atom stereocenters. The zero-order chi connectivity index (χ0) is 18.5. The fraction of sp³-hybridized carbons (Fsp3) is 0. The van der Waals surface area contributed by atoms with Crippen LogP contribution in [0.15, 0.2) is 76.9 Å². The average molecular weight is 427 g/mol. The molecular weight excluding hydrogens is 414 g/mol. The number of halogens is 2. The molecule has 3 rings (SSSR count). The van der Waals surface area contributed by atoms with Crippen molar-refractivity contribution in [1.82, 2.24) is 4.57 Å². The lowest BCUT2D eigenvalue weighted by atomic mass is 10.2. The monoisotopic (exact) mass is 425 g/mol. The summed E-state index contributed by atoms with van der Waals surface area (Å²) in [5.74, 6) is -0.474. The summed E-state index contributed by atoms with van der Waals surface area (Å²) in [6, 6.07) is 20.1. The smallest absolute Gasteiger partial charge is 0.266 e. The second kappa shape index (κ2) is 8.05. The molecule has 2 aromatic carbocycles. The quantitative estimate of drug-likeness (QED) is 0.446. The molecule has 0 radical (unpaired) electrons. The van der Waals surface area contributed by atoms with Crippen LogP contribution >= 0.6 is 27.5 Å². The van der Waals surface area contributed by atoms with Crippen molar-refractivity contribution in [1.29, 1.82) is 5.26 Å². The van der Waals surface area contributed by atoms with Crippen molar-refractivity contribution in [2.45, 2.75) is 0 Å². The second-order valence-corrected chi connectivity index (χ2v) is 6.76. The third-order valence-electron chi connectivity index (χ3n) is 3.64. The van der Waals surface area contributed by atoms with E-state index in [1.807, 2.05) is 53.2 Å². The second-order valence-electron chi connectivity index (χ2n) is 5.41. The molecule has 0 fully saturated rings. The summed E-state index contributed by atoms with van der Waals surface area (Å²) in [5, 5.41) is 12.7. The number of nitriles is 1. The number of amides is 1. The van der Waals surface area contributed by atoms with Crippen molar-refractivity contribution in [3.63, 3.8) is 0 Å². The first-order valence-electron chi connectivity index (χ1n) is 7.69. The number of nitrogens with one attached hydrogen (secondary N) is 1. The Morgan fingerprint density at radius 2 is 1.81 bits per heavy atom. The zero-order valence-electron chi connectivity index (χ0n) is 13.5. The molecular formula is C20H13BrClN3O. The van der Waals surface area contributed by atoms with Gasteiger partial charge in [0.1, 0.15) is 11.6 Å². The van der Waals surface area contributed by atoms with E-state index in [4.69, 9.17) is 11.6 Å². The van der Waals surface area contributed by atoms with Gasteiger partial charge in [0.25, 0.3) is 5.91 Å². The molecule has 0 saturated carbocycles. The molecule has 1 heterocycles. The fourth-order valence-corrected chi connectivity index (χ4v) is 2.77. The van der Waals surface area contributed by atoms with Crippen molar-refractivity contribution in [2.24, 2.45) is 0 Å². The molecule has 26 heavy (non-hydrogen) atoms. The van der Waals surface area contributed by atoms with Crippen LogP contribution in [0.3, 0.4) is 0 Å². The maximum absolute atomic E-state index is 12.4. The molecule has 0 aliphatic carbocycles. The largest absolute Gasteiger partial charge is 0.321 e. The van der Waals surface area contributed by atoms with Crippen LogP contribution in [0.2, 0.25) is 5.02 Å². The normalized spacial score (nSPS) is 11.0. The SMILES string of the molecule is N#C/C(=C/c1cccn1-c1ccc(Br)cc1)C(=O)Nc1ccc(Cl)cc1. The van der Waals surface area contributed by atoms with Gasteiger partial charge in [-0.3, -0.25) is 4.79 Å². The van der Waals surface area contributed by atoms with Gasteiger partial charge in [-0.05, 0) is 66.7 Å². The van der Waals surface area contributed by atoms with E-state index in [2.05, 4.69) is 21.2 Å². The van der Waals surface area contributed by atoms with Gasteiger partial charge in [-0.15, -0.1) is 0 Å². The van der Waals surface area contributed by atoms with Crippen molar-refractivity contribution in [3.05, 3.63) is 87.6 Å². The molecule has 0 spiro atoms. The Balaban J connectivity index is 1.87. The minimum absolute atomic E-state index is 0.0111. The molecule has 0 bridgehead atoms. The van der Waals surface area contributed by atoms with Gasteiger partial charge < -0.3 is 9.88 Å². The highest BCUT2D eigenvalue weighted by Gasteiger charge is 2.11. The lowest BCUT2D eigenvalue weighted by molar-refractivity contribution is -0.112. The van der Waals surface area contributed by atoms with E-state index >= 15 is 0 Å². The Morgan fingerprint density at radius 1 is 1.12 bits per heavy atom. The molecule has 6 heteroatoms. The first-order valence-corrected chi connectivity index (χ1v) is 8.86.